The zero-order chi connectivity index (χ0) is 20.9. The van der Waals surface area contributed by atoms with Crippen molar-refractivity contribution in [2.24, 2.45) is 0 Å². The van der Waals surface area contributed by atoms with Gasteiger partial charge in [0.25, 0.3) is 5.56 Å². The predicted molar refractivity (Wildman–Crippen MR) is 116 cm³/mol. The fourth-order valence-electron chi connectivity index (χ4n) is 3.50. The summed E-state index contributed by atoms with van der Waals surface area (Å²) >= 11 is 0. The standard InChI is InChI=1S/C23H23N5O2/c1-2-18(17-11-7-4-8-12-17)22(30)25-20-15-21(29)26-23-24-19(27-28(20)23)14-13-16-9-5-3-6-10-16/h3-12,15,18H,2,13-14H2,1H3,(H,25,30)(H,24,26,27,29). The Kier molecular flexibility index (Phi) is 5.70. The van der Waals surface area contributed by atoms with E-state index in [1.807, 2.05) is 55.5 Å². The van der Waals surface area contributed by atoms with Crippen LogP contribution in [-0.4, -0.2) is 25.5 Å². The Morgan fingerprint density at radius 2 is 1.77 bits per heavy atom. The molecule has 0 radical (unpaired) electrons. The van der Waals surface area contributed by atoms with Crippen LogP contribution in [0.3, 0.4) is 0 Å². The highest BCUT2D eigenvalue weighted by atomic mass is 16.2. The van der Waals surface area contributed by atoms with Gasteiger partial charge in [-0.25, -0.2) is 0 Å². The molecule has 152 valence electrons. The first-order valence-electron chi connectivity index (χ1n) is 10.0. The number of nitrogens with zero attached hydrogens (tertiary/aromatic N) is 3. The number of aromatic amines is 1. The molecule has 1 amide bonds. The van der Waals surface area contributed by atoms with Crippen LogP contribution in [0.2, 0.25) is 0 Å². The number of aryl methyl sites for hydroxylation is 2. The summed E-state index contributed by atoms with van der Waals surface area (Å²) in [5.41, 5.74) is 1.78. The number of H-pyrrole nitrogens is 1. The number of rotatable bonds is 7. The Hall–Kier alpha value is -3.74. The highest BCUT2D eigenvalue weighted by molar-refractivity contribution is 5.95. The number of hydrogen-bond donors (Lipinski definition) is 2. The van der Waals surface area contributed by atoms with Gasteiger partial charge in [-0.05, 0) is 24.0 Å². The molecule has 7 heteroatoms. The molecular weight excluding hydrogens is 378 g/mol. The van der Waals surface area contributed by atoms with Crippen LogP contribution in [0.5, 0.6) is 0 Å². The van der Waals surface area contributed by atoms with Crippen LogP contribution in [0, 0.1) is 0 Å². The molecule has 4 rings (SSSR count). The van der Waals surface area contributed by atoms with Gasteiger partial charge in [-0.15, -0.1) is 5.10 Å². The van der Waals surface area contributed by atoms with Crippen LogP contribution in [0.1, 0.15) is 36.2 Å². The highest BCUT2D eigenvalue weighted by Gasteiger charge is 2.20. The number of amides is 1. The summed E-state index contributed by atoms with van der Waals surface area (Å²) in [6.45, 7) is 1.96. The molecule has 1 atom stereocenters. The van der Waals surface area contributed by atoms with Crippen molar-refractivity contribution in [1.82, 2.24) is 19.6 Å². The molecule has 0 fully saturated rings. The Bertz CT molecular complexity index is 1200. The molecule has 2 aromatic carbocycles. The number of nitrogens with one attached hydrogen (secondary N) is 2. The van der Waals surface area contributed by atoms with Crippen molar-refractivity contribution < 1.29 is 4.79 Å². The van der Waals surface area contributed by atoms with Crippen LogP contribution in [-0.2, 0) is 17.6 Å². The molecule has 2 N–H and O–H groups in total. The maximum Gasteiger partial charge on any atom is 0.254 e. The van der Waals surface area contributed by atoms with E-state index in [0.717, 1.165) is 12.0 Å². The zero-order valence-electron chi connectivity index (χ0n) is 16.7. The van der Waals surface area contributed by atoms with Crippen molar-refractivity contribution in [3.8, 4) is 0 Å². The van der Waals surface area contributed by atoms with E-state index in [0.29, 0.717) is 30.3 Å². The van der Waals surface area contributed by atoms with Gasteiger partial charge in [0, 0.05) is 12.5 Å². The van der Waals surface area contributed by atoms with Gasteiger partial charge >= 0.3 is 0 Å². The maximum absolute atomic E-state index is 12.9. The van der Waals surface area contributed by atoms with E-state index in [-0.39, 0.29) is 17.4 Å². The SMILES string of the molecule is CCC(C(=O)Nc1cc(=O)[nH]c2nc(CCc3ccccc3)nn12)c1ccccc1. The molecule has 0 bridgehead atoms. The molecule has 0 aliphatic heterocycles. The lowest BCUT2D eigenvalue weighted by Gasteiger charge is -2.15. The summed E-state index contributed by atoms with van der Waals surface area (Å²) in [6, 6.07) is 21.0. The molecule has 0 saturated heterocycles. The Morgan fingerprint density at radius 3 is 2.47 bits per heavy atom. The lowest BCUT2D eigenvalue weighted by Crippen LogP contribution is -2.24. The van der Waals surface area contributed by atoms with Gasteiger partial charge in [-0.3, -0.25) is 14.6 Å². The lowest BCUT2D eigenvalue weighted by molar-refractivity contribution is -0.117. The van der Waals surface area contributed by atoms with Gasteiger partial charge in [0.15, 0.2) is 5.82 Å². The summed E-state index contributed by atoms with van der Waals surface area (Å²) in [5.74, 6) is 0.727. The van der Waals surface area contributed by atoms with Gasteiger partial charge in [0.1, 0.15) is 5.82 Å². The van der Waals surface area contributed by atoms with Crippen molar-refractivity contribution >= 4 is 17.5 Å². The molecule has 2 heterocycles. The van der Waals surface area contributed by atoms with Gasteiger partial charge in [-0.2, -0.15) is 9.50 Å². The third-order valence-corrected chi connectivity index (χ3v) is 5.04. The molecule has 4 aromatic rings. The van der Waals surface area contributed by atoms with Crippen molar-refractivity contribution in [1.29, 1.82) is 0 Å². The first kappa shape index (κ1) is 19.6. The largest absolute Gasteiger partial charge is 0.310 e. The van der Waals surface area contributed by atoms with E-state index in [1.54, 1.807) is 0 Å². The smallest absolute Gasteiger partial charge is 0.254 e. The number of anilines is 1. The highest BCUT2D eigenvalue weighted by Crippen LogP contribution is 2.21. The van der Waals surface area contributed by atoms with Crippen LogP contribution in [0.25, 0.3) is 5.78 Å². The average Bonchev–Trinajstić information content (AvgIpc) is 3.17. The first-order valence-corrected chi connectivity index (χ1v) is 10.0. The number of hydrogen-bond acceptors (Lipinski definition) is 4. The first-order chi connectivity index (χ1) is 14.6. The van der Waals surface area contributed by atoms with Crippen molar-refractivity contribution in [3.63, 3.8) is 0 Å². The molecule has 30 heavy (non-hydrogen) atoms. The van der Waals surface area contributed by atoms with Gasteiger partial charge in [0.05, 0.1) is 5.92 Å². The van der Waals surface area contributed by atoms with E-state index in [4.69, 9.17) is 0 Å². The third kappa shape index (κ3) is 4.30. The minimum absolute atomic E-state index is 0.183. The minimum Gasteiger partial charge on any atom is -0.310 e. The number of carbonyl (C=O) groups excluding carboxylic acids is 1. The van der Waals surface area contributed by atoms with Crippen molar-refractivity contribution in [2.75, 3.05) is 5.32 Å². The van der Waals surface area contributed by atoms with E-state index < -0.39 is 0 Å². The summed E-state index contributed by atoms with van der Waals surface area (Å²) in [7, 11) is 0. The summed E-state index contributed by atoms with van der Waals surface area (Å²) < 4.78 is 1.48. The van der Waals surface area contributed by atoms with E-state index in [1.165, 1.54) is 16.1 Å². The van der Waals surface area contributed by atoms with E-state index in [2.05, 4.69) is 32.5 Å². The van der Waals surface area contributed by atoms with E-state index in [9.17, 15) is 9.59 Å². The normalized spacial score (nSPS) is 12.0. The van der Waals surface area contributed by atoms with Crippen LogP contribution in [0.4, 0.5) is 5.82 Å². The van der Waals surface area contributed by atoms with Crippen LogP contribution >= 0.6 is 0 Å². The summed E-state index contributed by atoms with van der Waals surface area (Å²) in [5, 5.41) is 7.36. The Labute approximate surface area is 173 Å². The Morgan fingerprint density at radius 1 is 1.07 bits per heavy atom. The number of benzene rings is 2. The predicted octanol–water partition coefficient (Wildman–Crippen LogP) is 3.34. The van der Waals surface area contributed by atoms with Gasteiger partial charge in [0.2, 0.25) is 11.7 Å². The van der Waals surface area contributed by atoms with Crippen molar-refractivity contribution in [2.45, 2.75) is 32.1 Å². The second-order valence-corrected chi connectivity index (χ2v) is 7.13. The topological polar surface area (TPSA) is 92.1 Å². The van der Waals surface area contributed by atoms with E-state index >= 15 is 0 Å². The molecule has 2 aromatic heterocycles. The quantitative estimate of drug-likeness (QED) is 0.497. The van der Waals surface area contributed by atoms with Gasteiger partial charge in [-0.1, -0.05) is 67.6 Å². The molecule has 0 aliphatic rings. The molecular formula is C23H23N5O2. The monoisotopic (exact) mass is 401 g/mol. The summed E-state index contributed by atoms with van der Waals surface area (Å²) in [6.07, 6.45) is 2.06. The number of fused-ring (bicyclic) bond motifs is 1. The molecule has 0 saturated carbocycles. The second kappa shape index (κ2) is 8.73. The summed E-state index contributed by atoms with van der Waals surface area (Å²) in [4.78, 5) is 32.1. The molecule has 7 nitrogen and oxygen atoms in total. The second-order valence-electron chi connectivity index (χ2n) is 7.13. The lowest BCUT2D eigenvalue weighted by atomic mass is 9.96. The molecule has 0 spiro atoms. The molecule has 1 unspecified atom stereocenters. The van der Waals surface area contributed by atoms with Crippen molar-refractivity contribution in [3.05, 3.63) is 94.0 Å². The average molecular weight is 401 g/mol. The Balaban J connectivity index is 1.58. The fraction of sp³-hybridized carbons (Fsp3) is 0.217. The van der Waals surface area contributed by atoms with Crippen LogP contribution < -0.4 is 10.9 Å². The maximum atomic E-state index is 12.9. The van der Waals surface area contributed by atoms with Crippen LogP contribution in [0.15, 0.2) is 71.5 Å². The number of carbonyl (C=O) groups is 1. The minimum atomic E-state index is -0.340. The number of aromatic nitrogens is 4. The molecule has 0 aliphatic carbocycles. The third-order valence-electron chi connectivity index (χ3n) is 5.04. The zero-order valence-corrected chi connectivity index (χ0v) is 16.7. The van der Waals surface area contributed by atoms with Gasteiger partial charge < -0.3 is 5.32 Å². The fourth-order valence-corrected chi connectivity index (χ4v) is 3.50.